The average molecular weight is 355 g/mol. The molecule has 1 rings (SSSR count). The molecule has 4 nitrogen and oxygen atoms in total. The van der Waals surface area contributed by atoms with Gasteiger partial charge in [0.2, 0.25) is 0 Å². The normalized spacial score (nSPS) is 22.6. The summed E-state index contributed by atoms with van der Waals surface area (Å²) in [6, 6.07) is 0. The zero-order valence-electron chi connectivity index (χ0n) is 16.4. The molecule has 1 saturated heterocycles. The lowest BCUT2D eigenvalue weighted by atomic mass is 9.78. The van der Waals surface area contributed by atoms with Gasteiger partial charge in [-0.2, -0.15) is 0 Å². The molecule has 25 heavy (non-hydrogen) atoms. The number of aliphatic hydroxyl groups excluding tert-OH is 1. The van der Waals surface area contributed by atoms with Gasteiger partial charge in [-0.25, -0.2) is 0 Å². The van der Waals surface area contributed by atoms with E-state index in [1.165, 1.54) is 12.8 Å². The number of aliphatic carboxylic acids is 1. The van der Waals surface area contributed by atoms with Crippen LogP contribution in [0.1, 0.15) is 78.6 Å². The van der Waals surface area contributed by atoms with Crippen LogP contribution in [0.2, 0.25) is 0 Å². The first-order valence-corrected chi connectivity index (χ1v) is 9.99. The topological polar surface area (TPSA) is 66.8 Å². The number of carboxylic acid groups (broad SMARTS) is 1. The number of hydrogen-bond donors (Lipinski definition) is 2. The molecule has 3 atom stereocenters. The molecular formula is C21H38O4. The summed E-state index contributed by atoms with van der Waals surface area (Å²) in [7, 11) is 0. The predicted molar refractivity (Wildman–Crippen MR) is 102 cm³/mol. The number of hydrogen-bond acceptors (Lipinski definition) is 3. The molecule has 2 N–H and O–H groups in total. The Morgan fingerprint density at radius 3 is 2.64 bits per heavy atom. The molecular weight excluding hydrogens is 316 g/mol. The van der Waals surface area contributed by atoms with Crippen LogP contribution in [-0.4, -0.2) is 35.5 Å². The molecule has 0 spiro atoms. The van der Waals surface area contributed by atoms with Gasteiger partial charge < -0.3 is 14.9 Å². The Bertz CT molecular complexity index is 403. The molecule has 0 aromatic heterocycles. The van der Waals surface area contributed by atoms with Crippen LogP contribution in [0.5, 0.6) is 0 Å². The minimum Gasteiger partial charge on any atom is -0.481 e. The lowest BCUT2D eigenvalue weighted by Gasteiger charge is -2.31. The van der Waals surface area contributed by atoms with Crippen molar-refractivity contribution in [3.05, 3.63) is 12.2 Å². The van der Waals surface area contributed by atoms with Crippen LogP contribution in [-0.2, 0) is 9.53 Å². The number of rotatable bonds is 13. The SMILES string of the molecule is CCCCC(C)(C)C(O)CC[C@@H]1COC[C@@H]1CC=CCCCC(=O)O. The molecule has 0 radical (unpaired) electrons. The maximum absolute atomic E-state index is 10.6. The van der Waals surface area contributed by atoms with E-state index in [1.54, 1.807) is 0 Å². The number of aliphatic hydroxyl groups is 1. The number of carbonyl (C=O) groups is 1. The molecule has 1 aliphatic rings. The zero-order valence-corrected chi connectivity index (χ0v) is 16.4. The Hall–Kier alpha value is -0.870. The van der Waals surface area contributed by atoms with Gasteiger partial charge in [0.15, 0.2) is 0 Å². The second-order valence-electron chi connectivity index (χ2n) is 8.24. The summed E-state index contributed by atoms with van der Waals surface area (Å²) in [5.74, 6) is 0.333. The average Bonchev–Trinajstić information content (AvgIpc) is 3.01. The van der Waals surface area contributed by atoms with Gasteiger partial charge in [-0.15, -0.1) is 0 Å². The second kappa shape index (κ2) is 11.7. The molecule has 1 unspecified atom stereocenters. The smallest absolute Gasteiger partial charge is 0.303 e. The summed E-state index contributed by atoms with van der Waals surface area (Å²) in [5.41, 5.74) is -0.00495. The monoisotopic (exact) mass is 354 g/mol. The van der Waals surface area contributed by atoms with E-state index >= 15 is 0 Å². The summed E-state index contributed by atoms with van der Waals surface area (Å²) >= 11 is 0. The van der Waals surface area contributed by atoms with Gasteiger partial charge in [-0.1, -0.05) is 45.8 Å². The minimum atomic E-state index is -0.724. The fourth-order valence-corrected chi connectivity index (χ4v) is 3.54. The third kappa shape index (κ3) is 8.87. The molecule has 1 heterocycles. The van der Waals surface area contributed by atoms with E-state index in [0.717, 1.165) is 45.3 Å². The molecule has 1 fully saturated rings. The van der Waals surface area contributed by atoms with Gasteiger partial charge in [0.25, 0.3) is 0 Å². The minimum absolute atomic E-state index is 0.00495. The number of ether oxygens (including phenoxy) is 1. The molecule has 4 heteroatoms. The van der Waals surface area contributed by atoms with Crippen molar-refractivity contribution >= 4 is 5.97 Å². The molecule has 0 aromatic rings. The Kier molecular flexibility index (Phi) is 10.4. The lowest BCUT2D eigenvalue weighted by molar-refractivity contribution is -0.137. The Morgan fingerprint density at radius 1 is 1.24 bits per heavy atom. The standard InChI is InChI=1S/C21H38O4/c1-4-5-14-21(2,3)19(22)13-12-18-16-25-15-17(18)10-8-6-7-9-11-20(23)24/h6,8,17-19,22H,4-5,7,9-16H2,1-3H3,(H,23,24)/t17-,18+,19?/m0/s1. The second-order valence-corrected chi connectivity index (χ2v) is 8.24. The van der Waals surface area contributed by atoms with Crippen molar-refractivity contribution < 1.29 is 19.7 Å². The van der Waals surface area contributed by atoms with Crippen molar-refractivity contribution in [1.82, 2.24) is 0 Å². The largest absolute Gasteiger partial charge is 0.481 e. The summed E-state index contributed by atoms with van der Waals surface area (Å²) in [6.45, 7) is 8.16. The maximum atomic E-state index is 10.6. The van der Waals surface area contributed by atoms with Crippen LogP contribution in [0.3, 0.4) is 0 Å². The molecule has 0 saturated carbocycles. The highest BCUT2D eigenvalue weighted by Crippen LogP contribution is 2.34. The van der Waals surface area contributed by atoms with Crippen LogP contribution in [0, 0.1) is 17.3 Å². The van der Waals surface area contributed by atoms with Gasteiger partial charge in [-0.3, -0.25) is 4.79 Å². The van der Waals surface area contributed by atoms with Gasteiger partial charge in [0.1, 0.15) is 0 Å². The van der Waals surface area contributed by atoms with E-state index in [0.29, 0.717) is 18.3 Å². The molecule has 146 valence electrons. The molecule has 0 bridgehead atoms. The zero-order chi connectivity index (χ0) is 18.7. The summed E-state index contributed by atoms with van der Waals surface area (Å²) in [5, 5.41) is 19.2. The first-order valence-electron chi connectivity index (χ1n) is 9.99. The fourth-order valence-electron chi connectivity index (χ4n) is 3.54. The quantitative estimate of drug-likeness (QED) is 0.368. The summed E-state index contributed by atoms with van der Waals surface area (Å²) in [6.07, 6.45) is 12.1. The molecule has 1 aliphatic heterocycles. The molecule has 0 amide bonds. The lowest BCUT2D eigenvalue weighted by Crippen LogP contribution is -2.30. The first-order chi connectivity index (χ1) is 11.9. The maximum Gasteiger partial charge on any atom is 0.303 e. The highest BCUT2D eigenvalue weighted by molar-refractivity contribution is 5.66. The van der Waals surface area contributed by atoms with E-state index in [-0.39, 0.29) is 17.9 Å². The van der Waals surface area contributed by atoms with E-state index < -0.39 is 5.97 Å². The van der Waals surface area contributed by atoms with Crippen molar-refractivity contribution in [2.75, 3.05) is 13.2 Å². The third-order valence-corrected chi connectivity index (χ3v) is 5.59. The predicted octanol–water partition coefficient (Wildman–Crippen LogP) is 4.81. The highest BCUT2D eigenvalue weighted by atomic mass is 16.5. The number of unbranched alkanes of at least 4 members (excludes halogenated alkanes) is 2. The van der Waals surface area contributed by atoms with Crippen LogP contribution < -0.4 is 0 Å². The van der Waals surface area contributed by atoms with E-state index in [1.807, 2.05) is 0 Å². The van der Waals surface area contributed by atoms with Crippen molar-refractivity contribution in [1.29, 1.82) is 0 Å². The fraction of sp³-hybridized carbons (Fsp3) is 0.857. The van der Waals surface area contributed by atoms with Crippen molar-refractivity contribution in [2.45, 2.75) is 84.7 Å². The Morgan fingerprint density at radius 2 is 1.96 bits per heavy atom. The van der Waals surface area contributed by atoms with Crippen molar-refractivity contribution in [2.24, 2.45) is 17.3 Å². The molecule has 0 aromatic carbocycles. The van der Waals surface area contributed by atoms with E-state index in [9.17, 15) is 9.90 Å². The number of carboxylic acids is 1. The Labute approximate surface area is 153 Å². The summed E-state index contributed by atoms with van der Waals surface area (Å²) < 4.78 is 5.67. The third-order valence-electron chi connectivity index (χ3n) is 5.59. The highest BCUT2D eigenvalue weighted by Gasteiger charge is 2.31. The molecule has 0 aliphatic carbocycles. The van der Waals surface area contributed by atoms with Crippen molar-refractivity contribution in [3.8, 4) is 0 Å². The van der Waals surface area contributed by atoms with Gasteiger partial charge in [-0.05, 0) is 55.8 Å². The van der Waals surface area contributed by atoms with E-state index in [4.69, 9.17) is 9.84 Å². The first kappa shape index (κ1) is 22.2. The van der Waals surface area contributed by atoms with Gasteiger partial charge in [0.05, 0.1) is 12.7 Å². The van der Waals surface area contributed by atoms with Crippen LogP contribution in [0.15, 0.2) is 12.2 Å². The van der Waals surface area contributed by atoms with Crippen molar-refractivity contribution in [3.63, 3.8) is 0 Å². The van der Waals surface area contributed by atoms with Gasteiger partial charge in [0, 0.05) is 13.0 Å². The van der Waals surface area contributed by atoms with Crippen LogP contribution >= 0.6 is 0 Å². The van der Waals surface area contributed by atoms with E-state index in [2.05, 4.69) is 32.9 Å². The summed E-state index contributed by atoms with van der Waals surface area (Å²) in [4.78, 5) is 10.5. The number of allylic oxidation sites excluding steroid dienone is 2. The van der Waals surface area contributed by atoms with Crippen LogP contribution in [0.25, 0.3) is 0 Å². The van der Waals surface area contributed by atoms with Crippen LogP contribution in [0.4, 0.5) is 0 Å². The Balaban J connectivity index is 2.30. The van der Waals surface area contributed by atoms with Gasteiger partial charge >= 0.3 is 5.97 Å².